The first-order chi connectivity index (χ1) is 11.5. The Morgan fingerprint density at radius 3 is 2.58 bits per heavy atom. The number of carboxylic acids is 1. The lowest BCUT2D eigenvalue weighted by Gasteiger charge is -2.22. The fourth-order valence-electron chi connectivity index (χ4n) is 2.33. The molecule has 2 aromatic rings. The van der Waals surface area contributed by atoms with Crippen LogP contribution in [-0.2, 0) is 22.6 Å². The van der Waals surface area contributed by atoms with Gasteiger partial charge < -0.3 is 14.5 Å². The van der Waals surface area contributed by atoms with E-state index in [1.54, 1.807) is 11.8 Å². The van der Waals surface area contributed by atoms with E-state index in [0.29, 0.717) is 37.6 Å². The van der Waals surface area contributed by atoms with E-state index in [-0.39, 0.29) is 18.7 Å². The van der Waals surface area contributed by atoms with Crippen molar-refractivity contribution in [2.75, 3.05) is 6.54 Å². The molecule has 1 aromatic heterocycles. The average molecular weight is 331 g/mol. The fourth-order valence-corrected chi connectivity index (χ4v) is 2.33. The molecular formula is C17H21N3O4. The summed E-state index contributed by atoms with van der Waals surface area (Å²) in [6.45, 7) is 2.59. The number of carbonyl (C=O) groups is 2. The first kappa shape index (κ1) is 17.7. The van der Waals surface area contributed by atoms with Gasteiger partial charge in [0.1, 0.15) is 0 Å². The van der Waals surface area contributed by atoms with Crippen LogP contribution in [0.3, 0.4) is 0 Å². The number of nitrogens with zero attached hydrogens (tertiary/aromatic N) is 3. The van der Waals surface area contributed by atoms with Crippen molar-refractivity contribution in [2.45, 2.75) is 39.2 Å². The van der Waals surface area contributed by atoms with Crippen LogP contribution >= 0.6 is 0 Å². The summed E-state index contributed by atoms with van der Waals surface area (Å²) < 4.78 is 5.02. The minimum Gasteiger partial charge on any atom is -0.481 e. The molecule has 0 atom stereocenters. The molecule has 0 saturated heterocycles. The number of aryl methyl sites for hydroxylation is 2. The van der Waals surface area contributed by atoms with Gasteiger partial charge in [-0.05, 0) is 18.9 Å². The molecule has 0 spiro atoms. The van der Waals surface area contributed by atoms with Gasteiger partial charge in [0.2, 0.25) is 11.8 Å². The van der Waals surface area contributed by atoms with Crippen LogP contribution in [0.1, 0.15) is 36.5 Å². The van der Waals surface area contributed by atoms with Gasteiger partial charge in [-0.3, -0.25) is 9.59 Å². The van der Waals surface area contributed by atoms with Crippen molar-refractivity contribution >= 4 is 11.9 Å². The summed E-state index contributed by atoms with van der Waals surface area (Å²) in [5, 5.41) is 12.5. The lowest BCUT2D eigenvalue weighted by atomic mass is 10.1. The Labute approximate surface area is 140 Å². The minimum atomic E-state index is -0.858. The third kappa shape index (κ3) is 5.83. The molecule has 0 aliphatic heterocycles. The third-order valence-electron chi connectivity index (χ3n) is 3.51. The number of aliphatic carboxylic acids is 1. The van der Waals surface area contributed by atoms with Gasteiger partial charge >= 0.3 is 5.97 Å². The van der Waals surface area contributed by atoms with Crippen molar-refractivity contribution in [1.82, 2.24) is 15.0 Å². The number of aromatic nitrogens is 2. The van der Waals surface area contributed by atoms with Crippen LogP contribution in [0.2, 0.25) is 0 Å². The normalized spacial score (nSPS) is 10.5. The number of benzene rings is 1. The van der Waals surface area contributed by atoms with Gasteiger partial charge in [0.15, 0.2) is 5.82 Å². The maximum atomic E-state index is 12.5. The number of amides is 1. The highest BCUT2D eigenvalue weighted by molar-refractivity contribution is 5.76. The molecule has 2 rings (SSSR count). The second-order valence-electron chi connectivity index (χ2n) is 5.53. The molecule has 1 aromatic carbocycles. The van der Waals surface area contributed by atoms with Gasteiger partial charge in [-0.2, -0.15) is 4.98 Å². The highest BCUT2D eigenvalue weighted by Gasteiger charge is 2.16. The Kier molecular flexibility index (Phi) is 6.48. The van der Waals surface area contributed by atoms with Crippen molar-refractivity contribution in [3.05, 3.63) is 47.6 Å². The Hall–Kier alpha value is -2.70. The molecule has 1 heterocycles. The van der Waals surface area contributed by atoms with Gasteiger partial charge in [-0.15, -0.1) is 0 Å². The molecule has 0 bridgehead atoms. The molecule has 1 amide bonds. The molecule has 7 nitrogen and oxygen atoms in total. The zero-order valence-electron chi connectivity index (χ0n) is 13.6. The summed E-state index contributed by atoms with van der Waals surface area (Å²) in [7, 11) is 0. The topological polar surface area (TPSA) is 96.5 Å². The molecule has 128 valence electrons. The van der Waals surface area contributed by atoms with Crippen LogP contribution in [0.25, 0.3) is 0 Å². The van der Waals surface area contributed by atoms with Crippen LogP contribution in [0, 0.1) is 6.92 Å². The van der Waals surface area contributed by atoms with E-state index in [9.17, 15) is 9.59 Å². The van der Waals surface area contributed by atoms with Gasteiger partial charge in [0, 0.05) is 32.4 Å². The van der Waals surface area contributed by atoms with E-state index in [1.165, 1.54) is 0 Å². The van der Waals surface area contributed by atoms with Crippen molar-refractivity contribution in [3.63, 3.8) is 0 Å². The van der Waals surface area contributed by atoms with Crippen LogP contribution < -0.4 is 0 Å². The number of hydrogen-bond acceptors (Lipinski definition) is 5. The number of rotatable bonds is 9. The first-order valence-corrected chi connectivity index (χ1v) is 7.87. The Morgan fingerprint density at radius 2 is 1.96 bits per heavy atom. The summed E-state index contributed by atoms with van der Waals surface area (Å²) in [5.41, 5.74) is 1.01. The molecule has 0 radical (unpaired) electrons. The highest BCUT2D eigenvalue weighted by atomic mass is 16.5. The van der Waals surface area contributed by atoms with Crippen LogP contribution in [0.15, 0.2) is 34.9 Å². The monoisotopic (exact) mass is 331 g/mol. The van der Waals surface area contributed by atoms with Gasteiger partial charge in [0.25, 0.3) is 0 Å². The van der Waals surface area contributed by atoms with Crippen molar-refractivity contribution in [1.29, 1.82) is 0 Å². The summed E-state index contributed by atoms with van der Waals surface area (Å²) in [6, 6.07) is 9.63. The Balaban J connectivity index is 1.94. The number of carboxylic acid groups (broad SMARTS) is 1. The predicted octanol–water partition coefficient (Wildman–Crippen LogP) is 2.20. The fraction of sp³-hybridized carbons (Fsp3) is 0.412. The average Bonchev–Trinajstić information content (AvgIpc) is 2.98. The molecule has 0 unspecified atom stereocenters. The maximum Gasteiger partial charge on any atom is 0.303 e. The molecule has 0 saturated carbocycles. The van der Waals surface area contributed by atoms with E-state index in [4.69, 9.17) is 9.63 Å². The molecule has 0 fully saturated rings. The van der Waals surface area contributed by atoms with E-state index in [2.05, 4.69) is 10.1 Å². The van der Waals surface area contributed by atoms with Crippen LogP contribution in [-0.4, -0.2) is 38.6 Å². The number of carbonyl (C=O) groups excluding carboxylic acids is 1. The Morgan fingerprint density at radius 1 is 1.21 bits per heavy atom. The molecule has 0 aliphatic carbocycles. The molecule has 7 heteroatoms. The predicted molar refractivity (Wildman–Crippen MR) is 86.1 cm³/mol. The molecule has 24 heavy (non-hydrogen) atoms. The van der Waals surface area contributed by atoms with Gasteiger partial charge in [-0.1, -0.05) is 35.5 Å². The largest absolute Gasteiger partial charge is 0.481 e. The van der Waals surface area contributed by atoms with Gasteiger partial charge in [0.05, 0.1) is 0 Å². The third-order valence-corrected chi connectivity index (χ3v) is 3.51. The maximum absolute atomic E-state index is 12.5. The van der Waals surface area contributed by atoms with Crippen molar-refractivity contribution in [3.8, 4) is 0 Å². The van der Waals surface area contributed by atoms with E-state index in [0.717, 1.165) is 5.56 Å². The first-order valence-electron chi connectivity index (χ1n) is 7.87. The van der Waals surface area contributed by atoms with Crippen LogP contribution in [0.4, 0.5) is 0 Å². The van der Waals surface area contributed by atoms with Crippen molar-refractivity contribution < 1.29 is 19.2 Å². The van der Waals surface area contributed by atoms with E-state index < -0.39 is 5.97 Å². The second-order valence-corrected chi connectivity index (χ2v) is 5.53. The zero-order valence-corrected chi connectivity index (χ0v) is 13.6. The summed E-state index contributed by atoms with van der Waals surface area (Å²) >= 11 is 0. The second kappa shape index (κ2) is 8.81. The molecular weight excluding hydrogens is 310 g/mol. The quantitative estimate of drug-likeness (QED) is 0.756. The van der Waals surface area contributed by atoms with Crippen molar-refractivity contribution in [2.24, 2.45) is 0 Å². The SMILES string of the molecule is Cc1noc(CCC(=O)N(CCCC(=O)O)Cc2ccccc2)n1. The highest BCUT2D eigenvalue weighted by Crippen LogP contribution is 2.10. The summed E-state index contributed by atoms with van der Waals surface area (Å²) in [4.78, 5) is 29.0. The molecule has 1 N–H and O–H groups in total. The summed E-state index contributed by atoms with van der Waals surface area (Å²) in [6.07, 6.45) is 1.10. The van der Waals surface area contributed by atoms with E-state index in [1.807, 2.05) is 30.3 Å². The lowest BCUT2D eigenvalue weighted by Crippen LogP contribution is -2.32. The summed E-state index contributed by atoms with van der Waals surface area (Å²) in [5.74, 6) is 0.0645. The number of hydrogen-bond donors (Lipinski definition) is 1. The molecule has 0 aliphatic rings. The Bertz CT molecular complexity index is 669. The zero-order chi connectivity index (χ0) is 17.4. The van der Waals surface area contributed by atoms with Crippen LogP contribution in [0.5, 0.6) is 0 Å². The minimum absolute atomic E-state index is 0.0431. The standard InChI is InChI=1S/C17H21N3O4/c1-13-18-15(24-19-13)9-10-16(21)20(11-5-8-17(22)23)12-14-6-3-2-4-7-14/h2-4,6-7H,5,8-12H2,1H3,(H,22,23). The lowest BCUT2D eigenvalue weighted by molar-refractivity contribution is -0.138. The smallest absolute Gasteiger partial charge is 0.303 e. The van der Waals surface area contributed by atoms with Gasteiger partial charge in [-0.25, -0.2) is 0 Å². The van der Waals surface area contributed by atoms with E-state index >= 15 is 0 Å².